The van der Waals surface area contributed by atoms with Gasteiger partial charge in [0.15, 0.2) is 0 Å². The van der Waals surface area contributed by atoms with Crippen LogP contribution in [-0.4, -0.2) is 18.8 Å². The quantitative estimate of drug-likeness (QED) is 0.773. The Morgan fingerprint density at radius 2 is 2.00 bits per heavy atom. The SMILES string of the molecule is FC(F)(F)CCCNC1CC(c2cccc(Br)c2)C1. The lowest BCUT2D eigenvalue weighted by molar-refractivity contribution is -0.135. The number of rotatable bonds is 5. The van der Waals surface area contributed by atoms with Crippen LogP contribution in [0.2, 0.25) is 0 Å². The van der Waals surface area contributed by atoms with Crippen molar-refractivity contribution in [1.29, 1.82) is 0 Å². The highest BCUT2D eigenvalue weighted by molar-refractivity contribution is 9.10. The Morgan fingerprint density at radius 3 is 2.63 bits per heavy atom. The molecule has 0 heterocycles. The fourth-order valence-electron chi connectivity index (χ4n) is 2.41. The summed E-state index contributed by atoms with van der Waals surface area (Å²) >= 11 is 3.45. The Balaban J connectivity index is 1.64. The molecule has 19 heavy (non-hydrogen) atoms. The Hall–Kier alpha value is -0.550. The van der Waals surface area contributed by atoms with Crippen molar-refractivity contribution in [2.45, 2.75) is 43.8 Å². The number of alkyl halides is 3. The van der Waals surface area contributed by atoms with Gasteiger partial charge < -0.3 is 5.32 Å². The van der Waals surface area contributed by atoms with Gasteiger partial charge in [0, 0.05) is 16.9 Å². The van der Waals surface area contributed by atoms with Crippen LogP contribution in [0.15, 0.2) is 28.7 Å². The van der Waals surface area contributed by atoms with Crippen molar-refractivity contribution in [3.05, 3.63) is 34.3 Å². The van der Waals surface area contributed by atoms with Gasteiger partial charge in [-0.15, -0.1) is 0 Å². The van der Waals surface area contributed by atoms with Crippen LogP contribution in [0, 0.1) is 0 Å². The molecular weight excluding hydrogens is 319 g/mol. The standard InChI is InChI=1S/C14H17BrF3N/c15-12-4-1-3-10(7-12)11-8-13(9-11)19-6-2-5-14(16,17)18/h1,3-4,7,11,13,19H,2,5-6,8-9H2. The molecule has 0 amide bonds. The van der Waals surface area contributed by atoms with Gasteiger partial charge >= 0.3 is 6.18 Å². The average molecular weight is 336 g/mol. The van der Waals surface area contributed by atoms with Crippen LogP contribution in [0.4, 0.5) is 13.2 Å². The topological polar surface area (TPSA) is 12.0 Å². The molecule has 1 fully saturated rings. The van der Waals surface area contributed by atoms with Crippen molar-refractivity contribution >= 4 is 15.9 Å². The third kappa shape index (κ3) is 4.80. The van der Waals surface area contributed by atoms with E-state index in [1.807, 2.05) is 12.1 Å². The zero-order valence-corrected chi connectivity index (χ0v) is 12.1. The first kappa shape index (κ1) is 14.9. The van der Waals surface area contributed by atoms with Gasteiger partial charge in [0.2, 0.25) is 0 Å². The van der Waals surface area contributed by atoms with Gasteiger partial charge in [-0.2, -0.15) is 13.2 Å². The molecule has 2 rings (SSSR count). The van der Waals surface area contributed by atoms with Crippen molar-refractivity contribution in [2.24, 2.45) is 0 Å². The lowest BCUT2D eigenvalue weighted by atomic mass is 9.76. The van der Waals surface area contributed by atoms with Crippen LogP contribution < -0.4 is 5.32 Å². The van der Waals surface area contributed by atoms with E-state index in [1.54, 1.807) is 0 Å². The molecule has 0 bridgehead atoms. The van der Waals surface area contributed by atoms with Crippen LogP contribution in [0.3, 0.4) is 0 Å². The van der Waals surface area contributed by atoms with Crippen LogP contribution in [-0.2, 0) is 0 Å². The largest absolute Gasteiger partial charge is 0.389 e. The Kier molecular flexibility index (Phi) is 4.90. The summed E-state index contributed by atoms with van der Waals surface area (Å²) in [5.41, 5.74) is 1.31. The summed E-state index contributed by atoms with van der Waals surface area (Å²) in [5.74, 6) is 0.539. The van der Waals surface area contributed by atoms with Crippen molar-refractivity contribution in [3.63, 3.8) is 0 Å². The molecule has 1 nitrogen and oxygen atoms in total. The number of hydrogen-bond donors (Lipinski definition) is 1. The Morgan fingerprint density at radius 1 is 1.26 bits per heavy atom. The van der Waals surface area contributed by atoms with E-state index in [9.17, 15) is 13.2 Å². The Labute approximate surface area is 119 Å². The maximum atomic E-state index is 12.0. The van der Waals surface area contributed by atoms with Gasteiger partial charge in [-0.1, -0.05) is 28.1 Å². The second-order valence-corrected chi connectivity index (χ2v) is 6.01. The fourth-order valence-corrected chi connectivity index (χ4v) is 2.83. The van der Waals surface area contributed by atoms with Crippen molar-refractivity contribution < 1.29 is 13.2 Å². The zero-order chi connectivity index (χ0) is 13.9. The molecule has 0 radical (unpaired) electrons. The molecule has 0 unspecified atom stereocenters. The fraction of sp³-hybridized carbons (Fsp3) is 0.571. The van der Waals surface area contributed by atoms with Gasteiger partial charge in [-0.3, -0.25) is 0 Å². The van der Waals surface area contributed by atoms with E-state index in [-0.39, 0.29) is 6.42 Å². The number of benzene rings is 1. The first-order valence-electron chi connectivity index (χ1n) is 6.49. The first-order chi connectivity index (χ1) is 8.94. The van der Waals surface area contributed by atoms with Gasteiger partial charge in [-0.05, 0) is 49.4 Å². The summed E-state index contributed by atoms with van der Waals surface area (Å²) in [6, 6.07) is 8.61. The number of hydrogen-bond acceptors (Lipinski definition) is 1. The van der Waals surface area contributed by atoms with Gasteiger partial charge in [0.1, 0.15) is 0 Å². The summed E-state index contributed by atoms with van der Waals surface area (Å²) < 4.78 is 37.0. The minimum atomic E-state index is -4.03. The van der Waals surface area contributed by atoms with E-state index in [1.165, 1.54) is 5.56 Å². The highest BCUT2D eigenvalue weighted by Crippen LogP contribution is 2.37. The minimum absolute atomic E-state index is 0.168. The molecule has 0 atom stereocenters. The second-order valence-electron chi connectivity index (χ2n) is 5.09. The Bertz CT molecular complexity index is 413. The van der Waals surface area contributed by atoms with E-state index in [2.05, 4.69) is 33.4 Å². The molecule has 0 spiro atoms. The van der Waals surface area contributed by atoms with Gasteiger partial charge in [0.05, 0.1) is 0 Å². The molecular formula is C14H17BrF3N. The molecule has 5 heteroatoms. The maximum absolute atomic E-state index is 12.0. The molecule has 1 aliphatic carbocycles. The number of nitrogens with one attached hydrogen (secondary N) is 1. The lowest BCUT2D eigenvalue weighted by Gasteiger charge is -2.36. The van der Waals surface area contributed by atoms with Crippen molar-refractivity contribution in [2.75, 3.05) is 6.54 Å². The van der Waals surface area contributed by atoms with Crippen LogP contribution in [0.25, 0.3) is 0 Å². The van der Waals surface area contributed by atoms with E-state index in [4.69, 9.17) is 0 Å². The summed E-state index contributed by atoms with van der Waals surface area (Å²) in [6.07, 6.45) is -2.52. The summed E-state index contributed by atoms with van der Waals surface area (Å²) in [6.45, 7) is 0.454. The van der Waals surface area contributed by atoms with Gasteiger partial charge in [0.25, 0.3) is 0 Å². The van der Waals surface area contributed by atoms with E-state index >= 15 is 0 Å². The monoisotopic (exact) mass is 335 g/mol. The molecule has 1 aromatic carbocycles. The molecule has 0 aliphatic heterocycles. The molecule has 1 N–H and O–H groups in total. The molecule has 106 valence electrons. The predicted octanol–water partition coefficient (Wildman–Crippen LogP) is 4.63. The van der Waals surface area contributed by atoms with Crippen LogP contribution in [0.1, 0.15) is 37.2 Å². The van der Waals surface area contributed by atoms with E-state index < -0.39 is 12.6 Å². The number of halogens is 4. The summed E-state index contributed by atoms with van der Waals surface area (Å²) in [7, 11) is 0. The third-order valence-corrected chi connectivity index (χ3v) is 4.02. The van der Waals surface area contributed by atoms with Crippen molar-refractivity contribution in [1.82, 2.24) is 5.32 Å². The molecule has 1 saturated carbocycles. The molecule has 1 aliphatic rings. The molecule has 0 aromatic heterocycles. The van der Waals surface area contributed by atoms with Crippen LogP contribution in [0.5, 0.6) is 0 Å². The summed E-state index contributed by atoms with van der Waals surface area (Å²) in [5, 5.41) is 3.19. The highest BCUT2D eigenvalue weighted by atomic mass is 79.9. The van der Waals surface area contributed by atoms with Crippen LogP contribution >= 0.6 is 15.9 Å². The second kappa shape index (κ2) is 6.27. The molecule has 0 saturated heterocycles. The average Bonchev–Trinajstić information content (AvgIpc) is 2.24. The van der Waals surface area contributed by atoms with E-state index in [0.29, 0.717) is 18.5 Å². The third-order valence-electron chi connectivity index (χ3n) is 3.53. The van der Waals surface area contributed by atoms with Gasteiger partial charge in [-0.25, -0.2) is 0 Å². The predicted molar refractivity (Wildman–Crippen MR) is 73.2 cm³/mol. The molecule has 1 aromatic rings. The highest BCUT2D eigenvalue weighted by Gasteiger charge is 2.30. The maximum Gasteiger partial charge on any atom is 0.389 e. The summed E-state index contributed by atoms with van der Waals surface area (Å²) in [4.78, 5) is 0. The minimum Gasteiger partial charge on any atom is -0.314 e. The zero-order valence-electron chi connectivity index (χ0n) is 10.5. The lowest BCUT2D eigenvalue weighted by Crippen LogP contribution is -2.40. The first-order valence-corrected chi connectivity index (χ1v) is 7.29. The van der Waals surface area contributed by atoms with Crippen molar-refractivity contribution in [3.8, 4) is 0 Å². The van der Waals surface area contributed by atoms with E-state index in [0.717, 1.165) is 17.3 Å². The smallest absolute Gasteiger partial charge is 0.314 e. The normalized spacial score (nSPS) is 23.2.